The Hall–Kier alpha value is -0.0800. The predicted octanol–water partition coefficient (Wildman–Crippen LogP) is 0.935. The lowest BCUT2D eigenvalue weighted by molar-refractivity contribution is 0.193. The quantitative estimate of drug-likeness (QED) is 0.627. The third kappa shape index (κ3) is 1.17. The van der Waals surface area contributed by atoms with Crippen LogP contribution >= 0.6 is 0 Å². The Labute approximate surface area is 75.3 Å². The molecule has 2 saturated heterocycles. The molecular weight excluding hydrogens is 148 g/mol. The third-order valence-corrected chi connectivity index (χ3v) is 3.64. The van der Waals surface area contributed by atoms with Crippen LogP contribution in [0.15, 0.2) is 0 Å². The van der Waals surface area contributed by atoms with E-state index in [1.165, 1.54) is 19.6 Å². The maximum atomic E-state index is 3.49. The predicted molar refractivity (Wildman–Crippen MR) is 51.2 cm³/mol. The van der Waals surface area contributed by atoms with Gasteiger partial charge >= 0.3 is 0 Å². The maximum Gasteiger partial charge on any atom is 0.0114 e. The fourth-order valence-corrected chi connectivity index (χ4v) is 2.88. The van der Waals surface area contributed by atoms with Gasteiger partial charge in [-0.3, -0.25) is 4.90 Å². The highest BCUT2D eigenvalue weighted by Gasteiger charge is 2.42. The number of hydrogen-bond acceptors (Lipinski definition) is 2. The lowest BCUT2D eigenvalue weighted by Crippen LogP contribution is -2.37. The number of fused-ring (bicyclic) bond motifs is 1. The normalized spacial score (nSPS) is 42.5. The molecule has 2 nitrogen and oxygen atoms in total. The molecule has 2 rings (SSSR count). The van der Waals surface area contributed by atoms with Crippen molar-refractivity contribution >= 4 is 0 Å². The molecule has 0 aromatic carbocycles. The molecule has 0 bridgehead atoms. The van der Waals surface area contributed by atoms with Gasteiger partial charge in [0, 0.05) is 18.6 Å². The first kappa shape index (κ1) is 8.52. The van der Waals surface area contributed by atoms with Crippen molar-refractivity contribution in [2.24, 2.45) is 11.8 Å². The van der Waals surface area contributed by atoms with E-state index >= 15 is 0 Å². The lowest BCUT2D eigenvalue weighted by atomic mass is 9.95. The SMILES string of the molecule is CC(C)N1CC2CNCC2C1C. The smallest absolute Gasteiger partial charge is 0.0114 e. The van der Waals surface area contributed by atoms with Crippen LogP contribution < -0.4 is 5.32 Å². The average Bonchev–Trinajstić information content (AvgIpc) is 2.53. The molecule has 0 aromatic rings. The van der Waals surface area contributed by atoms with E-state index in [2.05, 4.69) is 31.0 Å². The molecule has 1 N–H and O–H groups in total. The van der Waals surface area contributed by atoms with E-state index in [0.717, 1.165) is 23.9 Å². The van der Waals surface area contributed by atoms with Crippen LogP contribution in [0.4, 0.5) is 0 Å². The summed E-state index contributed by atoms with van der Waals surface area (Å²) in [6.45, 7) is 10.8. The van der Waals surface area contributed by atoms with Crippen molar-refractivity contribution in [3.63, 3.8) is 0 Å². The van der Waals surface area contributed by atoms with Gasteiger partial charge in [0.05, 0.1) is 0 Å². The Balaban J connectivity index is 2.05. The topological polar surface area (TPSA) is 15.3 Å². The van der Waals surface area contributed by atoms with Crippen LogP contribution in [0.3, 0.4) is 0 Å². The largest absolute Gasteiger partial charge is 0.316 e. The second-order valence-corrected chi connectivity index (χ2v) is 4.61. The Bertz CT molecular complexity index is 167. The molecule has 0 aromatic heterocycles. The van der Waals surface area contributed by atoms with E-state index in [9.17, 15) is 0 Å². The summed E-state index contributed by atoms with van der Waals surface area (Å²) < 4.78 is 0. The van der Waals surface area contributed by atoms with Gasteiger partial charge in [-0.05, 0) is 45.7 Å². The minimum atomic E-state index is 0.727. The van der Waals surface area contributed by atoms with Gasteiger partial charge < -0.3 is 5.32 Å². The van der Waals surface area contributed by atoms with Crippen LogP contribution in [-0.2, 0) is 0 Å². The first-order valence-corrected chi connectivity index (χ1v) is 5.16. The van der Waals surface area contributed by atoms with E-state index in [1.54, 1.807) is 0 Å². The summed E-state index contributed by atoms with van der Waals surface area (Å²) in [6, 6.07) is 1.52. The van der Waals surface area contributed by atoms with Crippen LogP contribution in [-0.4, -0.2) is 36.6 Å². The van der Waals surface area contributed by atoms with Crippen LogP contribution in [0.25, 0.3) is 0 Å². The van der Waals surface area contributed by atoms with Crippen molar-refractivity contribution in [3.8, 4) is 0 Å². The molecule has 2 aliphatic rings. The van der Waals surface area contributed by atoms with Crippen LogP contribution in [0.1, 0.15) is 20.8 Å². The zero-order valence-electron chi connectivity index (χ0n) is 8.38. The standard InChI is InChI=1S/C10H20N2/c1-7(2)12-6-9-4-11-5-10(9)8(12)3/h7-11H,4-6H2,1-3H3. The second kappa shape index (κ2) is 3.00. The highest BCUT2D eigenvalue weighted by molar-refractivity contribution is 4.97. The zero-order valence-corrected chi connectivity index (χ0v) is 8.38. The van der Waals surface area contributed by atoms with E-state index in [-0.39, 0.29) is 0 Å². The molecule has 0 saturated carbocycles. The molecule has 0 amide bonds. The molecule has 2 fully saturated rings. The molecule has 0 spiro atoms. The maximum absolute atomic E-state index is 3.49. The minimum absolute atomic E-state index is 0.727. The summed E-state index contributed by atoms with van der Waals surface area (Å²) in [5, 5.41) is 3.49. The molecule has 2 heterocycles. The van der Waals surface area contributed by atoms with Crippen LogP contribution in [0.5, 0.6) is 0 Å². The van der Waals surface area contributed by atoms with Gasteiger partial charge in [0.2, 0.25) is 0 Å². The summed E-state index contributed by atoms with van der Waals surface area (Å²) in [5.41, 5.74) is 0. The van der Waals surface area contributed by atoms with Gasteiger partial charge in [0.1, 0.15) is 0 Å². The zero-order chi connectivity index (χ0) is 8.72. The summed E-state index contributed by atoms with van der Waals surface area (Å²) in [7, 11) is 0. The van der Waals surface area contributed by atoms with Crippen molar-refractivity contribution < 1.29 is 0 Å². The van der Waals surface area contributed by atoms with Gasteiger partial charge in [-0.2, -0.15) is 0 Å². The van der Waals surface area contributed by atoms with E-state index in [0.29, 0.717) is 0 Å². The Kier molecular flexibility index (Phi) is 2.13. The van der Waals surface area contributed by atoms with Gasteiger partial charge in [-0.25, -0.2) is 0 Å². The Morgan fingerprint density at radius 3 is 2.67 bits per heavy atom. The second-order valence-electron chi connectivity index (χ2n) is 4.61. The number of nitrogens with one attached hydrogen (secondary N) is 1. The monoisotopic (exact) mass is 168 g/mol. The van der Waals surface area contributed by atoms with Crippen molar-refractivity contribution in [2.45, 2.75) is 32.9 Å². The molecule has 2 aliphatic heterocycles. The summed E-state index contributed by atoms with van der Waals surface area (Å²) in [4.78, 5) is 2.65. The molecule has 70 valence electrons. The molecule has 0 aliphatic carbocycles. The highest BCUT2D eigenvalue weighted by Crippen LogP contribution is 2.33. The van der Waals surface area contributed by atoms with E-state index < -0.39 is 0 Å². The van der Waals surface area contributed by atoms with Crippen LogP contribution in [0, 0.1) is 11.8 Å². The van der Waals surface area contributed by atoms with Gasteiger partial charge in [-0.1, -0.05) is 0 Å². The van der Waals surface area contributed by atoms with Gasteiger partial charge in [-0.15, -0.1) is 0 Å². The molecule has 2 heteroatoms. The van der Waals surface area contributed by atoms with Crippen LogP contribution in [0.2, 0.25) is 0 Å². The highest BCUT2D eigenvalue weighted by atomic mass is 15.2. The molecule has 3 atom stereocenters. The minimum Gasteiger partial charge on any atom is -0.316 e. The summed E-state index contributed by atoms with van der Waals surface area (Å²) in [6.07, 6.45) is 0. The number of rotatable bonds is 1. The fraction of sp³-hybridized carbons (Fsp3) is 1.00. The summed E-state index contributed by atoms with van der Waals surface area (Å²) >= 11 is 0. The lowest BCUT2D eigenvalue weighted by Gasteiger charge is -2.27. The van der Waals surface area contributed by atoms with E-state index in [4.69, 9.17) is 0 Å². The molecule has 12 heavy (non-hydrogen) atoms. The van der Waals surface area contributed by atoms with Gasteiger partial charge in [0.15, 0.2) is 0 Å². The number of likely N-dealkylation sites (tertiary alicyclic amines) is 1. The first-order chi connectivity index (χ1) is 5.70. The number of nitrogens with zero attached hydrogens (tertiary/aromatic N) is 1. The van der Waals surface area contributed by atoms with Crippen molar-refractivity contribution in [1.82, 2.24) is 10.2 Å². The molecular formula is C10H20N2. The van der Waals surface area contributed by atoms with Crippen molar-refractivity contribution in [1.29, 1.82) is 0 Å². The average molecular weight is 168 g/mol. The molecule has 0 radical (unpaired) electrons. The Morgan fingerprint density at radius 2 is 2.08 bits per heavy atom. The fourth-order valence-electron chi connectivity index (χ4n) is 2.88. The molecule has 3 unspecified atom stereocenters. The van der Waals surface area contributed by atoms with Crippen molar-refractivity contribution in [2.75, 3.05) is 19.6 Å². The van der Waals surface area contributed by atoms with Crippen molar-refractivity contribution in [3.05, 3.63) is 0 Å². The first-order valence-electron chi connectivity index (χ1n) is 5.16. The third-order valence-electron chi connectivity index (χ3n) is 3.64. The van der Waals surface area contributed by atoms with E-state index in [1.807, 2.05) is 0 Å². The Morgan fingerprint density at radius 1 is 1.33 bits per heavy atom. The summed E-state index contributed by atoms with van der Waals surface area (Å²) in [5.74, 6) is 1.86. The number of hydrogen-bond donors (Lipinski definition) is 1. The van der Waals surface area contributed by atoms with Gasteiger partial charge in [0.25, 0.3) is 0 Å².